The smallest absolute Gasteiger partial charge is 0.323 e. The number of aromatic nitrogens is 4. The number of carbonyl (C=O) groups is 2. The molecule has 2 aliphatic rings. The number of halogens is 1. The van der Waals surface area contributed by atoms with Gasteiger partial charge < -0.3 is 34.1 Å². The van der Waals surface area contributed by atoms with Gasteiger partial charge in [-0.15, -0.1) is 0 Å². The van der Waals surface area contributed by atoms with Crippen LogP contribution in [0, 0.1) is 6.92 Å². The molecule has 1 saturated heterocycles. The van der Waals surface area contributed by atoms with Gasteiger partial charge in [-0.25, -0.2) is 4.98 Å². The predicted molar refractivity (Wildman–Crippen MR) is 188 cm³/mol. The Morgan fingerprint density at radius 1 is 1.00 bits per heavy atom. The molecule has 4 aromatic rings. The van der Waals surface area contributed by atoms with Crippen molar-refractivity contribution in [3.05, 3.63) is 75.3 Å². The summed E-state index contributed by atoms with van der Waals surface area (Å²) in [6.07, 6.45) is 3.19. The molecule has 1 fully saturated rings. The van der Waals surface area contributed by atoms with E-state index in [1.54, 1.807) is 6.07 Å². The molecule has 1 atom stereocenters. The predicted octanol–water partition coefficient (Wildman–Crippen LogP) is 5.11. The third-order valence-corrected chi connectivity index (χ3v) is 9.95. The normalized spacial score (nSPS) is 16.5. The van der Waals surface area contributed by atoms with E-state index < -0.39 is 12.0 Å². The molecule has 2 aliphatic heterocycles. The second-order valence-corrected chi connectivity index (χ2v) is 13.1. The van der Waals surface area contributed by atoms with Gasteiger partial charge in [0, 0.05) is 44.4 Å². The minimum Gasteiger partial charge on any atom is -0.481 e. The molecule has 0 spiro atoms. The number of nitrogens with one attached hydrogen (secondary N) is 1. The Balaban J connectivity index is 1.20. The van der Waals surface area contributed by atoms with E-state index in [2.05, 4.69) is 25.2 Å². The number of piperidine rings is 1. The van der Waals surface area contributed by atoms with Crippen molar-refractivity contribution in [2.45, 2.75) is 58.3 Å². The van der Waals surface area contributed by atoms with Crippen LogP contribution in [0.3, 0.4) is 0 Å². The SMILES string of the molecule is COc1nc(OCc2cccc(-c3cccc(NC(=O)c4nc5c(n4C)CCN(C)C5)c3Cl)c2C)nc(OC)c1CN1CCCC[C@H]1C(=O)O. The van der Waals surface area contributed by atoms with Crippen molar-refractivity contribution in [1.82, 2.24) is 29.3 Å². The summed E-state index contributed by atoms with van der Waals surface area (Å²) in [5, 5.41) is 13.1. The van der Waals surface area contributed by atoms with Crippen LogP contribution in [0.25, 0.3) is 11.1 Å². The van der Waals surface area contributed by atoms with Crippen molar-refractivity contribution in [3.8, 4) is 28.9 Å². The van der Waals surface area contributed by atoms with Crippen molar-refractivity contribution < 1.29 is 28.9 Å². The van der Waals surface area contributed by atoms with Crippen LogP contribution < -0.4 is 19.5 Å². The van der Waals surface area contributed by atoms with Gasteiger partial charge in [-0.1, -0.05) is 48.4 Å². The first-order valence-electron chi connectivity index (χ1n) is 16.6. The average Bonchev–Trinajstić information content (AvgIpc) is 3.44. The van der Waals surface area contributed by atoms with Crippen LogP contribution in [0.15, 0.2) is 36.4 Å². The van der Waals surface area contributed by atoms with Gasteiger partial charge in [-0.2, -0.15) is 9.97 Å². The van der Waals surface area contributed by atoms with Crippen LogP contribution in [0.1, 0.15) is 58.0 Å². The summed E-state index contributed by atoms with van der Waals surface area (Å²) in [5.74, 6) is -0.306. The van der Waals surface area contributed by atoms with Gasteiger partial charge in [-0.3, -0.25) is 14.5 Å². The molecule has 264 valence electrons. The molecule has 4 heterocycles. The fraction of sp³-hybridized carbons (Fsp3) is 0.417. The zero-order chi connectivity index (χ0) is 35.5. The van der Waals surface area contributed by atoms with E-state index >= 15 is 0 Å². The molecule has 2 aromatic heterocycles. The molecule has 0 aliphatic carbocycles. The van der Waals surface area contributed by atoms with E-state index in [0.717, 1.165) is 59.4 Å². The maximum absolute atomic E-state index is 13.4. The minimum atomic E-state index is -0.852. The lowest BCUT2D eigenvalue weighted by atomic mass is 9.96. The summed E-state index contributed by atoms with van der Waals surface area (Å²) in [7, 11) is 6.91. The number of rotatable bonds is 11. The summed E-state index contributed by atoms with van der Waals surface area (Å²) in [6.45, 7) is 4.66. The highest BCUT2D eigenvalue weighted by atomic mass is 35.5. The maximum atomic E-state index is 13.4. The summed E-state index contributed by atoms with van der Waals surface area (Å²) < 4.78 is 19.1. The number of nitrogens with zero attached hydrogens (tertiary/aromatic N) is 6. The number of benzene rings is 2. The van der Waals surface area contributed by atoms with E-state index in [0.29, 0.717) is 41.6 Å². The molecule has 2 N–H and O–H groups in total. The number of hydrogen-bond donors (Lipinski definition) is 2. The molecule has 1 amide bonds. The lowest BCUT2D eigenvalue weighted by Gasteiger charge is -2.33. The van der Waals surface area contributed by atoms with Crippen molar-refractivity contribution in [2.75, 3.05) is 39.7 Å². The molecule has 50 heavy (non-hydrogen) atoms. The largest absolute Gasteiger partial charge is 0.481 e. The Bertz CT molecular complexity index is 1890. The topological polar surface area (TPSA) is 144 Å². The van der Waals surface area contributed by atoms with E-state index in [-0.39, 0.29) is 36.8 Å². The number of carbonyl (C=O) groups excluding carboxylic acids is 1. The minimum absolute atomic E-state index is 0.0611. The van der Waals surface area contributed by atoms with E-state index in [4.69, 9.17) is 25.8 Å². The first kappa shape index (κ1) is 35.1. The van der Waals surface area contributed by atoms with Gasteiger partial charge >= 0.3 is 12.0 Å². The van der Waals surface area contributed by atoms with E-state index in [1.165, 1.54) is 14.2 Å². The van der Waals surface area contributed by atoms with Gasteiger partial charge in [0.15, 0.2) is 5.82 Å². The van der Waals surface area contributed by atoms with Gasteiger partial charge in [-0.05, 0) is 56.1 Å². The molecule has 0 saturated carbocycles. The molecule has 13 nitrogen and oxygen atoms in total. The quantitative estimate of drug-likeness (QED) is 0.215. The number of anilines is 1. The Morgan fingerprint density at radius 2 is 1.72 bits per heavy atom. The van der Waals surface area contributed by atoms with Crippen LogP contribution in [0.4, 0.5) is 5.69 Å². The molecular formula is C36H42ClN7O6. The number of ether oxygens (including phenoxy) is 3. The van der Waals surface area contributed by atoms with Crippen LogP contribution in [0.2, 0.25) is 5.02 Å². The second-order valence-electron chi connectivity index (χ2n) is 12.7. The standard InChI is InChI=1S/C36H42ClN7O6/c1-21-22(20-50-36-40-33(48-4)25(34(41-36)49-5)18-44-16-7-6-14-29(44)35(46)47)10-8-11-23(21)24-12-9-13-26(30(24)37)39-32(45)31-38-27-19-42(2)17-15-28(27)43(31)3/h8-13,29H,6-7,14-20H2,1-5H3,(H,39,45)(H,46,47)/t29-/m0/s1. The molecule has 6 rings (SSSR count). The summed E-state index contributed by atoms with van der Waals surface area (Å²) in [4.78, 5) is 43.0. The van der Waals surface area contributed by atoms with Gasteiger partial charge in [0.25, 0.3) is 5.91 Å². The second kappa shape index (κ2) is 15.0. The Kier molecular flexibility index (Phi) is 10.6. The molecule has 0 bridgehead atoms. The number of fused-ring (bicyclic) bond motifs is 1. The summed E-state index contributed by atoms with van der Waals surface area (Å²) in [6, 6.07) is 10.8. The summed E-state index contributed by atoms with van der Waals surface area (Å²) >= 11 is 6.95. The number of methoxy groups -OCH3 is 2. The number of aliphatic carboxylic acids is 1. The zero-order valence-electron chi connectivity index (χ0n) is 29.0. The van der Waals surface area contributed by atoms with Gasteiger partial charge in [0.2, 0.25) is 11.8 Å². The molecule has 14 heteroatoms. The number of hydrogen-bond acceptors (Lipinski definition) is 10. The number of imidazole rings is 1. The third kappa shape index (κ3) is 7.11. The van der Waals surface area contributed by atoms with Crippen molar-refractivity contribution in [1.29, 1.82) is 0 Å². The maximum Gasteiger partial charge on any atom is 0.323 e. The van der Waals surface area contributed by atoms with Crippen LogP contribution in [-0.2, 0) is 38.0 Å². The zero-order valence-corrected chi connectivity index (χ0v) is 29.7. The molecule has 0 unspecified atom stereocenters. The first-order chi connectivity index (χ1) is 24.1. The average molecular weight is 704 g/mol. The van der Waals surface area contributed by atoms with Gasteiger partial charge in [0.05, 0.1) is 36.2 Å². The lowest BCUT2D eigenvalue weighted by molar-refractivity contribution is -0.144. The first-order valence-corrected chi connectivity index (χ1v) is 17.0. The number of carboxylic acid groups (broad SMARTS) is 1. The highest BCUT2D eigenvalue weighted by Crippen LogP contribution is 2.37. The van der Waals surface area contributed by atoms with Crippen LogP contribution >= 0.6 is 11.6 Å². The molecule has 0 radical (unpaired) electrons. The number of likely N-dealkylation sites (tertiary alicyclic amines) is 1. The lowest BCUT2D eigenvalue weighted by Crippen LogP contribution is -2.44. The number of carboxylic acids is 1. The number of likely N-dealkylation sites (N-methyl/N-ethyl adjacent to an activating group) is 1. The number of amides is 1. The van der Waals surface area contributed by atoms with Gasteiger partial charge in [0.1, 0.15) is 12.6 Å². The monoisotopic (exact) mass is 703 g/mol. The van der Waals surface area contributed by atoms with E-state index in [1.807, 2.05) is 60.8 Å². The highest BCUT2D eigenvalue weighted by molar-refractivity contribution is 6.36. The fourth-order valence-corrected chi connectivity index (χ4v) is 7.05. The van der Waals surface area contributed by atoms with Crippen molar-refractivity contribution in [2.24, 2.45) is 7.05 Å². The summed E-state index contributed by atoms with van der Waals surface area (Å²) in [5.41, 5.74) is 6.48. The van der Waals surface area contributed by atoms with Crippen LogP contribution in [0.5, 0.6) is 17.8 Å². The van der Waals surface area contributed by atoms with Crippen molar-refractivity contribution in [3.63, 3.8) is 0 Å². The fourth-order valence-electron chi connectivity index (χ4n) is 6.78. The third-order valence-electron chi connectivity index (χ3n) is 9.55. The van der Waals surface area contributed by atoms with Crippen LogP contribution in [-0.4, -0.2) is 86.7 Å². The Labute approximate surface area is 296 Å². The molecule has 2 aromatic carbocycles. The van der Waals surface area contributed by atoms with Crippen molar-refractivity contribution >= 4 is 29.2 Å². The Hall–Kier alpha value is -4.72. The molecular weight excluding hydrogens is 662 g/mol. The highest BCUT2D eigenvalue weighted by Gasteiger charge is 2.31. The van der Waals surface area contributed by atoms with E-state index in [9.17, 15) is 14.7 Å². The Morgan fingerprint density at radius 3 is 2.44 bits per heavy atom.